The number of aliphatic hydroxyl groups excluding tert-OH is 1. The molecule has 1 saturated heterocycles. The van der Waals surface area contributed by atoms with Gasteiger partial charge in [0.25, 0.3) is 0 Å². The maximum atomic E-state index is 12.2. The molecule has 0 aliphatic carbocycles. The van der Waals surface area contributed by atoms with Crippen molar-refractivity contribution in [2.45, 2.75) is 23.8 Å². The van der Waals surface area contributed by atoms with E-state index in [-0.39, 0.29) is 17.5 Å². The van der Waals surface area contributed by atoms with Crippen LogP contribution in [0.5, 0.6) is 0 Å². The predicted octanol–water partition coefficient (Wildman–Crippen LogP) is 0.227. The van der Waals surface area contributed by atoms with Gasteiger partial charge in [0.1, 0.15) is 4.90 Å². The lowest BCUT2D eigenvalue weighted by Crippen LogP contribution is -2.37. The van der Waals surface area contributed by atoms with Gasteiger partial charge in [0, 0.05) is 25.0 Å². The van der Waals surface area contributed by atoms with Crippen molar-refractivity contribution in [1.29, 1.82) is 0 Å². The first-order valence-corrected chi connectivity index (χ1v) is 6.63. The first-order chi connectivity index (χ1) is 7.66. The summed E-state index contributed by atoms with van der Waals surface area (Å²) < 4.78 is 25.7. The SMILES string of the molecule is O=S(=O)(c1cccnc1)N1CCCC1CO. The first-order valence-electron chi connectivity index (χ1n) is 5.19. The minimum Gasteiger partial charge on any atom is -0.395 e. The summed E-state index contributed by atoms with van der Waals surface area (Å²) in [6.07, 6.45) is 4.38. The van der Waals surface area contributed by atoms with Crippen molar-refractivity contribution in [2.75, 3.05) is 13.2 Å². The number of hydrogen-bond acceptors (Lipinski definition) is 4. The van der Waals surface area contributed by atoms with Crippen molar-refractivity contribution in [3.05, 3.63) is 24.5 Å². The van der Waals surface area contributed by atoms with Gasteiger partial charge in [-0.2, -0.15) is 4.31 Å². The van der Waals surface area contributed by atoms with Crippen LogP contribution in [0.2, 0.25) is 0 Å². The summed E-state index contributed by atoms with van der Waals surface area (Å²) in [6.45, 7) is 0.349. The van der Waals surface area contributed by atoms with Crippen LogP contribution in [-0.4, -0.2) is 42.0 Å². The Morgan fingerprint density at radius 3 is 3.00 bits per heavy atom. The molecule has 0 aromatic carbocycles. The molecule has 88 valence electrons. The van der Waals surface area contributed by atoms with E-state index < -0.39 is 10.0 Å². The zero-order valence-electron chi connectivity index (χ0n) is 8.78. The van der Waals surface area contributed by atoms with Gasteiger partial charge in [0.2, 0.25) is 10.0 Å². The third-order valence-corrected chi connectivity index (χ3v) is 4.71. The van der Waals surface area contributed by atoms with Gasteiger partial charge in [0.15, 0.2) is 0 Å². The molecular formula is C10H14N2O3S. The van der Waals surface area contributed by atoms with Gasteiger partial charge in [-0.1, -0.05) is 0 Å². The Balaban J connectivity index is 2.33. The van der Waals surface area contributed by atoms with Crippen LogP contribution in [0.15, 0.2) is 29.4 Å². The zero-order valence-corrected chi connectivity index (χ0v) is 9.60. The van der Waals surface area contributed by atoms with E-state index in [2.05, 4.69) is 4.98 Å². The highest BCUT2D eigenvalue weighted by atomic mass is 32.2. The molecule has 1 aromatic rings. The van der Waals surface area contributed by atoms with Crippen LogP contribution in [0.1, 0.15) is 12.8 Å². The van der Waals surface area contributed by atoms with Gasteiger partial charge in [0.05, 0.1) is 6.61 Å². The normalized spacial score (nSPS) is 22.4. The van der Waals surface area contributed by atoms with Gasteiger partial charge in [-0.05, 0) is 25.0 Å². The molecular weight excluding hydrogens is 228 g/mol. The summed E-state index contributed by atoms with van der Waals surface area (Å²) in [5, 5.41) is 9.12. The van der Waals surface area contributed by atoms with E-state index in [1.807, 2.05) is 0 Å². The van der Waals surface area contributed by atoms with Crippen molar-refractivity contribution >= 4 is 10.0 Å². The molecule has 1 unspecified atom stereocenters. The monoisotopic (exact) mass is 242 g/mol. The van der Waals surface area contributed by atoms with Crippen LogP contribution in [0, 0.1) is 0 Å². The molecule has 1 aromatic heterocycles. The van der Waals surface area contributed by atoms with Crippen LogP contribution >= 0.6 is 0 Å². The van der Waals surface area contributed by atoms with Crippen molar-refractivity contribution in [3.63, 3.8) is 0 Å². The number of hydrogen-bond donors (Lipinski definition) is 1. The van der Waals surface area contributed by atoms with Crippen molar-refractivity contribution in [3.8, 4) is 0 Å². The molecule has 1 N–H and O–H groups in total. The molecule has 6 heteroatoms. The second kappa shape index (κ2) is 4.48. The van der Waals surface area contributed by atoms with Gasteiger partial charge < -0.3 is 5.11 Å². The fraction of sp³-hybridized carbons (Fsp3) is 0.500. The topological polar surface area (TPSA) is 70.5 Å². The summed E-state index contributed by atoms with van der Waals surface area (Å²) >= 11 is 0. The summed E-state index contributed by atoms with van der Waals surface area (Å²) in [6, 6.07) is 2.83. The van der Waals surface area contributed by atoms with Gasteiger partial charge in [-0.25, -0.2) is 8.42 Å². The first kappa shape index (κ1) is 11.5. The molecule has 16 heavy (non-hydrogen) atoms. The highest BCUT2D eigenvalue weighted by Gasteiger charge is 2.34. The Labute approximate surface area is 94.8 Å². The third-order valence-electron chi connectivity index (χ3n) is 2.77. The van der Waals surface area contributed by atoms with Crippen molar-refractivity contribution in [1.82, 2.24) is 9.29 Å². The van der Waals surface area contributed by atoms with Crippen molar-refractivity contribution < 1.29 is 13.5 Å². The van der Waals surface area contributed by atoms with Crippen LogP contribution in [0.4, 0.5) is 0 Å². The smallest absolute Gasteiger partial charge is 0.244 e. The highest BCUT2D eigenvalue weighted by Crippen LogP contribution is 2.24. The van der Waals surface area contributed by atoms with E-state index >= 15 is 0 Å². The Hall–Kier alpha value is -0.980. The van der Waals surface area contributed by atoms with E-state index in [1.165, 1.54) is 22.8 Å². The average Bonchev–Trinajstić information content (AvgIpc) is 2.79. The maximum absolute atomic E-state index is 12.2. The predicted molar refractivity (Wildman–Crippen MR) is 58.2 cm³/mol. The van der Waals surface area contributed by atoms with Crippen LogP contribution in [0.3, 0.4) is 0 Å². The molecule has 2 heterocycles. The third kappa shape index (κ3) is 1.95. The van der Waals surface area contributed by atoms with Gasteiger partial charge >= 0.3 is 0 Å². The molecule has 0 saturated carbocycles. The fourth-order valence-electron chi connectivity index (χ4n) is 1.94. The second-order valence-corrected chi connectivity index (χ2v) is 5.67. The zero-order chi connectivity index (χ0) is 11.6. The Morgan fingerprint density at radius 1 is 1.56 bits per heavy atom. The lowest BCUT2D eigenvalue weighted by Gasteiger charge is -2.22. The fourth-order valence-corrected chi connectivity index (χ4v) is 3.59. The number of rotatable bonds is 3. The van der Waals surface area contributed by atoms with Gasteiger partial charge in [-0.15, -0.1) is 0 Å². The molecule has 0 radical (unpaired) electrons. The van der Waals surface area contributed by atoms with Crippen LogP contribution < -0.4 is 0 Å². The van der Waals surface area contributed by atoms with Crippen LogP contribution in [-0.2, 0) is 10.0 Å². The molecule has 1 aliphatic rings. The van der Waals surface area contributed by atoms with E-state index in [9.17, 15) is 8.42 Å². The summed E-state index contributed by atoms with van der Waals surface area (Å²) in [5.74, 6) is 0. The number of pyridine rings is 1. The largest absolute Gasteiger partial charge is 0.395 e. The molecule has 0 amide bonds. The second-order valence-electron chi connectivity index (χ2n) is 3.78. The molecule has 5 nitrogen and oxygen atoms in total. The lowest BCUT2D eigenvalue weighted by molar-refractivity contribution is 0.213. The minimum atomic E-state index is -3.49. The molecule has 2 rings (SSSR count). The molecule has 0 bridgehead atoms. The number of nitrogens with zero attached hydrogens (tertiary/aromatic N) is 2. The number of aliphatic hydroxyl groups is 1. The summed E-state index contributed by atoms with van der Waals surface area (Å²) in [4.78, 5) is 4.00. The Bertz CT molecular complexity index is 446. The quantitative estimate of drug-likeness (QED) is 0.823. The van der Waals surface area contributed by atoms with E-state index in [0.29, 0.717) is 6.54 Å². The summed E-state index contributed by atoms with van der Waals surface area (Å²) in [5.41, 5.74) is 0. The Kier molecular flexibility index (Phi) is 3.22. The molecule has 1 atom stereocenters. The average molecular weight is 242 g/mol. The van der Waals surface area contributed by atoms with Crippen LogP contribution in [0.25, 0.3) is 0 Å². The highest BCUT2D eigenvalue weighted by molar-refractivity contribution is 7.89. The number of sulfonamides is 1. The number of aromatic nitrogens is 1. The van der Waals surface area contributed by atoms with E-state index in [4.69, 9.17) is 5.11 Å². The van der Waals surface area contributed by atoms with Crippen molar-refractivity contribution in [2.24, 2.45) is 0 Å². The standard InChI is InChI=1S/C10H14N2O3S/c13-8-9-3-2-6-12(9)16(14,15)10-4-1-5-11-7-10/h1,4-5,7,9,13H,2-3,6,8H2. The van der Waals surface area contributed by atoms with E-state index in [0.717, 1.165) is 12.8 Å². The van der Waals surface area contributed by atoms with Gasteiger partial charge in [-0.3, -0.25) is 4.98 Å². The lowest BCUT2D eigenvalue weighted by atomic mass is 10.2. The summed E-state index contributed by atoms with van der Waals surface area (Å²) in [7, 11) is -3.49. The Morgan fingerprint density at radius 2 is 2.38 bits per heavy atom. The molecule has 1 aliphatic heterocycles. The maximum Gasteiger partial charge on any atom is 0.244 e. The molecule has 0 spiro atoms. The minimum absolute atomic E-state index is 0.126. The molecule has 1 fully saturated rings. The van der Waals surface area contributed by atoms with E-state index in [1.54, 1.807) is 6.07 Å².